The summed E-state index contributed by atoms with van der Waals surface area (Å²) in [6.45, 7) is 7.61. The minimum absolute atomic E-state index is 0.0796. The number of carboxylic acid groups (broad SMARTS) is 1. The molecule has 0 bridgehead atoms. The van der Waals surface area contributed by atoms with Gasteiger partial charge in [-0.2, -0.15) is 0 Å². The molecule has 1 rings (SSSR count). The van der Waals surface area contributed by atoms with Crippen molar-refractivity contribution >= 4 is 29.7 Å². The Morgan fingerprint density at radius 3 is 2.05 bits per heavy atom. The van der Waals surface area contributed by atoms with Crippen molar-refractivity contribution in [3.63, 3.8) is 0 Å². The zero-order valence-corrected chi connectivity index (χ0v) is 22.6. The van der Waals surface area contributed by atoms with Gasteiger partial charge in [0.1, 0.15) is 18.1 Å². The fraction of sp³-hybridized carbons (Fsp3) is 0.577. The van der Waals surface area contributed by atoms with Crippen LogP contribution in [0.15, 0.2) is 30.3 Å². The minimum Gasteiger partial charge on any atom is -0.480 e. The van der Waals surface area contributed by atoms with Crippen molar-refractivity contribution in [2.24, 2.45) is 23.3 Å². The van der Waals surface area contributed by atoms with E-state index < -0.39 is 47.9 Å². The molecule has 4 atom stereocenters. The van der Waals surface area contributed by atoms with Crippen molar-refractivity contribution in [2.45, 2.75) is 77.5 Å². The second-order valence-corrected chi connectivity index (χ2v) is 10.1. The van der Waals surface area contributed by atoms with Crippen LogP contribution in [0.25, 0.3) is 0 Å². The van der Waals surface area contributed by atoms with E-state index in [1.165, 1.54) is 0 Å². The molecule has 0 aliphatic carbocycles. The Labute approximate surface area is 224 Å². The predicted molar refractivity (Wildman–Crippen MR) is 145 cm³/mol. The molecule has 0 aromatic heterocycles. The molecule has 0 heterocycles. The van der Waals surface area contributed by atoms with Crippen molar-refractivity contribution < 1.29 is 24.3 Å². The summed E-state index contributed by atoms with van der Waals surface area (Å²) in [5.74, 6) is -3.33. The van der Waals surface area contributed by atoms with Gasteiger partial charge < -0.3 is 37.8 Å². The number of hydrogen-bond donors (Lipinski definition) is 8. The normalized spacial score (nSPS) is 14.2. The largest absolute Gasteiger partial charge is 0.480 e. The van der Waals surface area contributed by atoms with Crippen LogP contribution >= 0.6 is 0 Å². The molecule has 0 aliphatic rings. The smallest absolute Gasteiger partial charge is 0.326 e. The monoisotopic (exact) mass is 533 g/mol. The van der Waals surface area contributed by atoms with E-state index >= 15 is 0 Å². The molecule has 38 heavy (non-hydrogen) atoms. The van der Waals surface area contributed by atoms with Crippen LogP contribution in [0.1, 0.15) is 52.5 Å². The molecule has 0 spiro atoms. The highest BCUT2D eigenvalue weighted by atomic mass is 16.4. The molecule has 1 aromatic carbocycles. The topological polar surface area (TPSA) is 213 Å². The van der Waals surface area contributed by atoms with Gasteiger partial charge in [-0.15, -0.1) is 0 Å². The molecule has 0 unspecified atom stereocenters. The van der Waals surface area contributed by atoms with Gasteiger partial charge in [0.2, 0.25) is 17.7 Å². The first kappa shape index (κ1) is 32.4. The fourth-order valence-corrected chi connectivity index (χ4v) is 3.79. The van der Waals surface area contributed by atoms with Crippen LogP contribution in [-0.2, 0) is 25.6 Å². The van der Waals surface area contributed by atoms with E-state index in [4.69, 9.17) is 16.9 Å². The van der Waals surface area contributed by atoms with Gasteiger partial charge >= 0.3 is 5.97 Å². The zero-order chi connectivity index (χ0) is 28.8. The van der Waals surface area contributed by atoms with Crippen molar-refractivity contribution in [1.82, 2.24) is 21.3 Å². The van der Waals surface area contributed by atoms with E-state index in [0.29, 0.717) is 19.4 Å². The number of amides is 3. The molecular formula is C26H43N7O5. The Morgan fingerprint density at radius 2 is 1.53 bits per heavy atom. The summed E-state index contributed by atoms with van der Waals surface area (Å²) in [4.78, 5) is 50.8. The maximum Gasteiger partial charge on any atom is 0.326 e. The summed E-state index contributed by atoms with van der Waals surface area (Å²) < 4.78 is 0. The van der Waals surface area contributed by atoms with Gasteiger partial charge in [-0.3, -0.25) is 19.8 Å². The summed E-state index contributed by atoms with van der Waals surface area (Å²) in [6.07, 6.45) is 1.11. The zero-order valence-electron chi connectivity index (χ0n) is 22.6. The summed E-state index contributed by atoms with van der Waals surface area (Å²) >= 11 is 0. The SMILES string of the molecule is CC(C)C[C@H](N)C(=O)N[C@@H](CCCNC(=N)N)C(=O)N[C@H](C(=O)N[C@@H](Cc1ccccc1)C(=O)O)C(C)C. The number of carbonyl (C=O) groups excluding carboxylic acids is 3. The quantitative estimate of drug-likeness (QED) is 0.0824. The maximum absolute atomic E-state index is 13.2. The summed E-state index contributed by atoms with van der Waals surface area (Å²) in [5, 5.41) is 27.4. The van der Waals surface area contributed by atoms with Crippen molar-refractivity contribution in [2.75, 3.05) is 6.54 Å². The summed E-state index contributed by atoms with van der Waals surface area (Å²) in [5.41, 5.74) is 12.0. The third kappa shape index (κ3) is 12.0. The average molecular weight is 534 g/mol. The number of guanidine groups is 1. The van der Waals surface area contributed by atoms with Gasteiger partial charge in [-0.25, -0.2) is 4.79 Å². The predicted octanol–water partition coefficient (Wildman–Crippen LogP) is 0.0608. The van der Waals surface area contributed by atoms with Gasteiger partial charge in [0.05, 0.1) is 6.04 Å². The lowest BCUT2D eigenvalue weighted by Gasteiger charge is -2.27. The molecule has 12 heteroatoms. The van der Waals surface area contributed by atoms with Crippen molar-refractivity contribution in [1.29, 1.82) is 5.41 Å². The molecule has 0 saturated carbocycles. The lowest BCUT2D eigenvalue weighted by Crippen LogP contribution is -2.58. The van der Waals surface area contributed by atoms with Gasteiger partial charge in [-0.05, 0) is 36.7 Å². The molecule has 0 saturated heterocycles. The first-order valence-corrected chi connectivity index (χ1v) is 12.8. The van der Waals surface area contributed by atoms with Gasteiger partial charge in [0.25, 0.3) is 0 Å². The van der Waals surface area contributed by atoms with E-state index in [0.717, 1.165) is 5.56 Å². The third-order valence-corrected chi connectivity index (χ3v) is 5.82. The van der Waals surface area contributed by atoms with E-state index in [9.17, 15) is 24.3 Å². The first-order chi connectivity index (χ1) is 17.8. The second-order valence-electron chi connectivity index (χ2n) is 10.1. The Morgan fingerprint density at radius 1 is 0.921 bits per heavy atom. The van der Waals surface area contributed by atoms with Crippen LogP contribution in [-0.4, -0.2) is 65.5 Å². The third-order valence-electron chi connectivity index (χ3n) is 5.82. The molecule has 3 amide bonds. The number of benzene rings is 1. The van der Waals surface area contributed by atoms with Crippen LogP contribution in [0.3, 0.4) is 0 Å². The van der Waals surface area contributed by atoms with E-state index in [2.05, 4.69) is 21.3 Å². The van der Waals surface area contributed by atoms with E-state index in [1.807, 2.05) is 19.9 Å². The molecule has 0 fully saturated rings. The lowest BCUT2D eigenvalue weighted by molar-refractivity contribution is -0.142. The number of nitrogens with one attached hydrogen (secondary N) is 5. The second kappa shape index (κ2) is 16.2. The number of carboxylic acids is 1. The summed E-state index contributed by atoms with van der Waals surface area (Å²) in [6, 6.07) is 4.86. The van der Waals surface area contributed by atoms with Crippen LogP contribution < -0.4 is 32.7 Å². The number of carbonyl (C=O) groups is 4. The number of hydrogen-bond acceptors (Lipinski definition) is 6. The highest BCUT2D eigenvalue weighted by Gasteiger charge is 2.32. The average Bonchev–Trinajstić information content (AvgIpc) is 2.83. The van der Waals surface area contributed by atoms with Crippen LogP contribution in [0, 0.1) is 17.2 Å². The standard InChI is InChI=1S/C26H43N7O5/c1-15(2)13-18(27)22(34)31-19(11-8-12-30-26(28)29)23(35)33-21(16(3)4)24(36)32-20(25(37)38)14-17-9-6-5-7-10-17/h5-7,9-10,15-16,18-21H,8,11-14,27H2,1-4H3,(H,31,34)(H,32,36)(H,33,35)(H,37,38)(H4,28,29,30)/t18-,19-,20-,21-/m0/s1. The number of nitrogens with two attached hydrogens (primary N) is 2. The minimum atomic E-state index is -1.20. The van der Waals surface area contributed by atoms with E-state index in [1.54, 1.807) is 38.1 Å². The first-order valence-electron chi connectivity index (χ1n) is 12.8. The van der Waals surface area contributed by atoms with Crippen LogP contribution in [0.2, 0.25) is 0 Å². The maximum atomic E-state index is 13.2. The molecule has 0 radical (unpaired) electrons. The molecule has 0 aliphatic heterocycles. The van der Waals surface area contributed by atoms with Gasteiger partial charge in [0, 0.05) is 13.0 Å². The Balaban J connectivity index is 2.97. The fourth-order valence-electron chi connectivity index (χ4n) is 3.79. The molecule has 10 N–H and O–H groups in total. The van der Waals surface area contributed by atoms with Gasteiger partial charge in [-0.1, -0.05) is 58.0 Å². The highest BCUT2D eigenvalue weighted by Crippen LogP contribution is 2.09. The Bertz CT molecular complexity index is 939. The lowest BCUT2D eigenvalue weighted by atomic mass is 10.00. The summed E-state index contributed by atoms with van der Waals surface area (Å²) in [7, 11) is 0. The molecule has 1 aromatic rings. The van der Waals surface area contributed by atoms with Crippen LogP contribution in [0.4, 0.5) is 0 Å². The molecule has 12 nitrogen and oxygen atoms in total. The van der Waals surface area contributed by atoms with Crippen LogP contribution in [0.5, 0.6) is 0 Å². The molecular weight excluding hydrogens is 490 g/mol. The Kier molecular flexibility index (Phi) is 13.8. The van der Waals surface area contributed by atoms with Gasteiger partial charge in [0.15, 0.2) is 5.96 Å². The highest BCUT2D eigenvalue weighted by molar-refractivity contribution is 5.94. The Hall–Kier alpha value is -3.67. The number of aliphatic carboxylic acids is 1. The number of rotatable bonds is 16. The van der Waals surface area contributed by atoms with Crippen molar-refractivity contribution in [3.05, 3.63) is 35.9 Å². The van der Waals surface area contributed by atoms with E-state index in [-0.39, 0.29) is 30.6 Å². The molecule has 212 valence electrons. The van der Waals surface area contributed by atoms with Crippen molar-refractivity contribution in [3.8, 4) is 0 Å².